The van der Waals surface area contributed by atoms with Crippen LogP contribution in [0.2, 0.25) is 0 Å². The number of aromatic amines is 1. The van der Waals surface area contributed by atoms with Crippen molar-refractivity contribution < 1.29 is 27.5 Å². The van der Waals surface area contributed by atoms with Gasteiger partial charge in [-0.3, -0.25) is 4.68 Å². The van der Waals surface area contributed by atoms with Crippen molar-refractivity contribution in [1.29, 1.82) is 0 Å². The molecule has 0 radical (unpaired) electrons. The fourth-order valence-electron chi connectivity index (χ4n) is 2.34. The summed E-state index contributed by atoms with van der Waals surface area (Å²) in [6, 6.07) is 3.56. The van der Waals surface area contributed by atoms with Crippen molar-refractivity contribution >= 4 is 23.0 Å². The molecule has 0 aromatic carbocycles. The Balaban J connectivity index is 1.90. The predicted molar refractivity (Wildman–Crippen MR) is 83.8 cm³/mol. The molecule has 3 heterocycles. The first-order chi connectivity index (χ1) is 12.1. The Morgan fingerprint density at radius 2 is 1.92 bits per heavy atom. The minimum atomic E-state index is -5.25. The van der Waals surface area contributed by atoms with Gasteiger partial charge in [0.2, 0.25) is 0 Å². The van der Waals surface area contributed by atoms with Crippen LogP contribution < -0.4 is 0 Å². The van der Waals surface area contributed by atoms with Crippen molar-refractivity contribution in [3.8, 4) is 11.1 Å². The molecule has 136 valence electrons. The third-order valence-corrected chi connectivity index (χ3v) is 3.84. The van der Waals surface area contributed by atoms with Gasteiger partial charge >= 0.3 is 18.1 Å². The van der Waals surface area contributed by atoms with Gasteiger partial charge in [0.15, 0.2) is 5.54 Å². The highest BCUT2D eigenvalue weighted by Gasteiger charge is 2.45. The van der Waals surface area contributed by atoms with Gasteiger partial charge in [0.1, 0.15) is 5.65 Å². The Hall–Kier alpha value is -3.17. The number of hydrogen-bond acceptors (Lipinski definition) is 5. The molecule has 0 amide bonds. The van der Waals surface area contributed by atoms with E-state index in [9.17, 15) is 22.8 Å². The number of halogens is 3. The zero-order chi connectivity index (χ0) is 19.1. The first kappa shape index (κ1) is 17.6. The van der Waals surface area contributed by atoms with Gasteiger partial charge in [0.25, 0.3) is 0 Å². The molecule has 0 spiro atoms. The van der Waals surface area contributed by atoms with E-state index in [-0.39, 0.29) is 0 Å². The van der Waals surface area contributed by atoms with E-state index in [0.29, 0.717) is 11.2 Å². The molecule has 0 aliphatic rings. The first-order valence-corrected chi connectivity index (χ1v) is 7.42. The highest BCUT2D eigenvalue weighted by molar-refractivity contribution is 5.93. The summed E-state index contributed by atoms with van der Waals surface area (Å²) < 4.78 is 41.9. The SMILES string of the molecule is CC(C)(C(=O)OC(=O)C(F)(F)F)n1cc(-c2ccnc3[nH]ccc23)cn1. The van der Waals surface area contributed by atoms with Crippen LogP contribution in [-0.2, 0) is 19.9 Å². The number of carbonyl (C=O) groups is 2. The normalized spacial score (nSPS) is 12.3. The van der Waals surface area contributed by atoms with E-state index in [1.165, 1.54) is 26.2 Å². The average molecular weight is 366 g/mol. The van der Waals surface area contributed by atoms with Gasteiger partial charge in [-0.25, -0.2) is 14.6 Å². The molecule has 0 unspecified atom stereocenters. The number of rotatable bonds is 3. The van der Waals surface area contributed by atoms with Crippen molar-refractivity contribution in [2.24, 2.45) is 0 Å². The van der Waals surface area contributed by atoms with Gasteiger partial charge in [-0.1, -0.05) is 0 Å². The first-order valence-electron chi connectivity index (χ1n) is 7.42. The monoisotopic (exact) mass is 366 g/mol. The Morgan fingerprint density at radius 1 is 1.19 bits per heavy atom. The van der Waals surface area contributed by atoms with Crippen molar-refractivity contribution in [1.82, 2.24) is 19.7 Å². The van der Waals surface area contributed by atoms with Crippen LogP contribution in [0.15, 0.2) is 36.9 Å². The molecule has 7 nitrogen and oxygen atoms in total. The molecule has 10 heteroatoms. The molecule has 0 saturated carbocycles. The lowest BCUT2D eigenvalue weighted by atomic mass is 10.1. The summed E-state index contributed by atoms with van der Waals surface area (Å²) in [6.07, 6.45) is 1.00. The van der Waals surface area contributed by atoms with Crippen LogP contribution >= 0.6 is 0 Å². The maximum absolute atomic E-state index is 12.3. The number of esters is 2. The van der Waals surface area contributed by atoms with Gasteiger partial charge in [-0.05, 0) is 31.5 Å². The van der Waals surface area contributed by atoms with Gasteiger partial charge in [-0.2, -0.15) is 18.3 Å². The van der Waals surface area contributed by atoms with E-state index in [4.69, 9.17) is 0 Å². The number of nitrogens with zero attached hydrogens (tertiary/aromatic N) is 3. The molecule has 0 aliphatic heterocycles. The second-order valence-electron chi connectivity index (χ2n) is 6.01. The maximum Gasteiger partial charge on any atom is 0.491 e. The summed E-state index contributed by atoms with van der Waals surface area (Å²) in [6.45, 7) is 2.60. The molecular formula is C16H13F3N4O3. The van der Waals surface area contributed by atoms with Crippen molar-refractivity contribution in [3.05, 3.63) is 36.9 Å². The molecule has 3 aromatic rings. The van der Waals surface area contributed by atoms with Crippen LogP contribution in [0, 0.1) is 0 Å². The lowest BCUT2D eigenvalue weighted by molar-refractivity contribution is -0.204. The van der Waals surface area contributed by atoms with E-state index in [2.05, 4.69) is 19.8 Å². The lowest BCUT2D eigenvalue weighted by Gasteiger charge is -2.22. The summed E-state index contributed by atoms with van der Waals surface area (Å²) in [5.41, 5.74) is 0.437. The number of fused-ring (bicyclic) bond motifs is 1. The van der Waals surface area contributed by atoms with Crippen LogP contribution in [-0.4, -0.2) is 37.9 Å². The van der Waals surface area contributed by atoms with Crippen LogP contribution in [0.3, 0.4) is 0 Å². The standard InChI is InChI=1S/C16H13F3N4O3/c1-15(2,13(24)26-14(25)16(17,18)19)23-8-9(7-22-23)10-3-5-20-12-11(10)4-6-21-12/h3-8H,1-2H3,(H,20,21). The highest BCUT2D eigenvalue weighted by atomic mass is 19.4. The number of H-pyrrole nitrogens is 1. The number of hydrogen-bond donors (Lipinski definition) is 1. The molecule has 1 N–H and O–H groups in total. The second-order valence-corrected chi connectivity index (χ2v) is 6.01. The van der Waals surface area contributed by atoms with Gasteiger partial charge in [0, 0.05) is 29.5 Å². The van der Waals surface area contributed by atoms with Crippen LogP contribution in [0.4, 0.5) is 13.2 Å². The van der Waals surface area contributed by atoms with E-state index in [1.54, 1.807) is 18.5 Å². The number of pyridine rings is 1. The summed E-state index contributed by atoms with van der Waals surface area (Å²) in [4.78, 5) is 30.0. The minimum Gasteiger partial charge on any atom is -0.385 e. The van der Waals surface area contributed by atoms with Gasteiger partial charge in [-0.15, -0.1) is 0 Å². The highest BCUT2D eigenvalue weighted by Crippen LogP contribution is 2.29. The summed E-state index contributed by atoms with van der Waals surface area (Å²) >= 11 is 0. The molecule has 3 aromatic heterocycles. The molecule has 26 heavy (non-hydrogen) atoms. The third kappa shape index (κ3) is 3.05. The fraction of sp³-hybridized carbons (Fsp3) is 0.250. The number of aromatic nitrogens is 4. The van der Waals surface area contributed by atoms with Gasteiger partial charge in [0.05, 0.1) is 6.20 Å². The second kappa shape index (κ2) is 5.97. The number of carbonyl (C=O) groups excluding carboxylic acids is 2. The predicted octanol–water partition coefficient (Wildman–Crippen LogP) is 2.79. The largest absolute Gasteiger partial charge is 0.491 e. The van der Waals surface area contributed by atoms with Crippen molar-refractivity contribution in [3.63, 3.8) is 0 Å². The molecule has 0 fully saturated rings. The Bertz CT molecular complexity index is 988. The smallest absolute Gasteiger partial charge is 0.385 e. The molecule has 0 bridgehead atoms. The number of nitrogens with one attached hydrogen (secondary N) is 1. The van der Waals surface area contributed by atoms with Crippen LogP contribution in [0.25, 0.3) is 22.2 Å². The Kier molecular flexibility index (Phi) is 4.05. The quantitative estimate of drug-likeness (QED) is 0.569. The molecule has 0 saturated heterocycles. The summed E-state index contributed by atoms with van der Waals surface area (Å²) in [5.74, 6) is -3.93. The topological polar surface area (TPSA) is 89.9 Å². The van der Waals surface area contributed by atoms with E-state index in [0.717, 1.165) is 15.6 Å². The van der Waals surface area contributed by atoms with Crippen molar-refractivity contribution in [2.45, 2.75) is 25.6 Å². The lowest BCUT2D eigenvalue weighted by Crippen LogP contribution is -2.41. The van der Waals surface area contributed by atoms with Crippen LogP contribution in [0.1, 0.15) is 13.8 Å². The maximum atomic E-state index is 12.3. The molecular weight excluding hydrogens is 353 g/mol. The Labute approximate surface area is 144 Å². The van der Waals surface area contributed by atoms with Crippen LogP contribution in [0.5, 0.6) is 0 Å². The number of alkyl halides is 3. The van der Waals surface area contributed by atoms with Crippen molar-refractivity contribution in [2.75, 3.05) is 0 Å². The summed E-state index contributed by atoms with van der Waals surface area (Å²) in [7, 11) is 0. The third-order valence-electron chi connectivity index (χ3n) is 3.84. The zero-order valence-electron chi connectivity index (χ0n) is 13.7. The molecule has 3 rings (SSSR count). The van der Waals surface area contributed by atoms with E-state index >= 15 is 0 Å². The van der Waals surface area contributed by atoms with Gasteiger partial charge < -0.3 is 9.72 Å². The minimum absolute atomic E-state index is 0.625. The Morgan fingerprint density at radius 3 is 2.62 bits per heavy atom. The fourth-order valence-corrected chi connectivity index (χ4v) is 2.34. The number of ether oxygens (including phenoxy) is 1. The molecule has 0 atom stereocenters. The van der Waals surface area contributed by atoms with E-state index < -0.39 is 23.7 Å². The average Bonchev–Trinajstić information content (AvgIpc) is 3.22. The summed E-state index contributed by atoms with van der Waals surface area (Å²) in [5, 5.41) is 4.86. The zero-order valence-corrected chi connectivity index (χ0v) is 13.7. The molecule has 0 aliphatic carbocycles. The van der Waals surface area contributed by atoms with E-state index in [1.807, 2.05) is 6.07 Å².